The minimum Gasteiger partial charge on any atom is -0.497 e. The van der Waals surface area contributed by atoms with Gasteiger partial charge in [0.05, 0.1) is 13.7 Å². The van der Waals surface area contributed by atoms with Crippen LogP contribution in [0, 0.1) is 11.7 Å². The Bertz CT molecular complexity index is 1030. The number of rotatable bonds is 7. The van der Waals surface area contributed by atoms with Gasteiger partial charge in [-0.05, 0) is 44.1 Å². The average molecular weight is 424 g/mol. The van der Waals surface area contributed by atoms with E-state index in [-0.39, 0.29) is 24.2 Å². The van der Waals surface area contributed by atoms with Crippen LogP contribution in [0.1, 0.15) is 24.3 Å². The van der Waals surface area contributed by atoms with E-state index in [4.69, 9.17) is 9.26 Å². The van der Waals surface area contributed by atoms with Gasteiger partial charge in [-0.2, -0.15) is 4.98 Å². The van der Waals surface area contributed by atoms with E-state index in [1.165, 1.54) is 6.07 Å². The largest absolute Gasteiger partial charge is 0.497 e. The number of carbonyl (C=O) groups is 1. The number of hydrogen-bond donors (Lipinski definition) is 1. The lowest BCUT2D eigenvalue weighted by atomic mass is 9.95. The van der Waals surface area contributed by atoms with Crippen molar-refractivity contribution in [2.75, 3.05) is 20.2 Å². The third-order valence-corrected chi connectivity index (χ3v) is 5.52. The molecule has 0 radical (unpaired) electrons. The van der Waals surface area contributed by atoms with Crippen molar-refractivity contribution in [2.24, 2.45) is 5.92 Å². The molecule has 0 spiro atoms. The summed E-state index contributed by atoms with van der Waals surface area (Å²) in [5, 5.41) is 6.87. The lowest BCUT2D eigenvalue weighted by Gasteiger charge is -2.31. The molecule has 31 heavy (non-hydrogen) atoms. The molecule has 162 valence electrons. The maximum atomic E-state index is 13.8. The Labute approximate surface area is 180 Å². The molecule has 1 N–H and O–H groups in total. The van der Waals surface area contributed by atoms with E-state index in [1.807, 2.05) is 30.3 Å². The van der Waals surface area contributed by atoms with Gasteiger partial charge in [-0.1, -0.05) is 35.5 Å². The van der Waals surface area contributed by atoms with Crippen LogP contribution in [0.25, 0.3) is 11.4 Å². The summed E-state index contributed by atoms with van der Waals surface area (Å²) in [7, 11) is 1.60. The second-order valence-electron chi connectivity index (χ2n) is 7.60. The summed E-state index contributed by atoms with van der Waals surface area (Å²) in [5.41, 5.74) is 1.47. The van der Waals surface area contributed by atoms with Gasteiger partial charge in [0.15, 0.2) is 0 Å². The molecule has 1 saturated heterocycles. The van der Waals surface area contributed by atoms with Crippen LogP contribution in [0.4, 0.5) is 4.39 Å². The quantitative estimate of drug-likeness (QED) is 0.626. The smallest absolute Gasteiger partial charge is 0.246 e. The third-order valence-electron chi connectivity index (χ3n) is 5.52. The molecular weight excluding hydrogens is 399 g/mol. The molecule has 0 saturated carbocycles. The maximum absolute atomic E-state index is 13.8. The second-order valence-corrected chi connectivity index (χ2v) is 7.60. The molecule has 1 aliphatic rings. The van der Waals surface area contributed by atoms with E-state index in [9.17, 15) is 9.18 Å². The predicted molar refractivity (Wildman–Crippen MR) is 113 cm³/mol. The summed E-state index contributed by atoms with van der Waals surface area (Å²) in [5.74, 6) is 1.23. The number of likely N-dealkylation sites (tertiary alicyclic amines) is 1. The standard InChI is InChI=1S/C23H25FN4O3/c1-30-19-7-4-6-17(13-19)22-26-21(31-27-22)14-25-23(29)16-9-11-28(12-10-16)15-18-5-2-3-8-20(18)24/h2-8,13,16H,9-12,14-15H2,1H3,(H,25,29). The number of benzene rings is 2. The topological polar surface area (TPSA) is 80.5 Å². The highest BCUT2D eigenvalue weighted by Gasteiger charge is 2.25. The molecule has 0 unspecified atom stereocenters. The van der Waals surface area contributed by atoms with E-state index in [0.29, 0.717) is 29.6 Å². The molecule has 1 aromatic heterocycles. The van der Waals surface area contributed by atoms with Gasteiger partial charge in [0.2, 0.25) is 17.6 Å². The van der Waals surface area contributed by atoms with E-state index in [2.05, 4.69) is 20.4 Å². The number of carbonyl (C=O) groups excluding carboxylic acids is 1. The van der Waals surface area contributed by atoms with Crippen LogP contribution in [-0.4, -0.2) is 41.1 Å². The van der Waals surface area contributed by atoms with Gasteiger partial charge in [0.1, 0.15) is 11.6 Å². The fourth-order valence-corrected chi connectivity index (χ4v) is 3.73. The minimum absolute atomic E-state index is 0.0216. The Morgan fingerprint density at radius 3 is 2.81 bits per heavy atom. The van der Waals surface area contributed by atoms with Gasteiger partial charge >= 0.3 is 0 Å². The molecule has 1 aliphatic heterocycles. The lowest BCUT2D eigenvalue weighted by molar-refractivity contribution is -0.126. The van der Waals surface area contributed by atoms with Crippen molar-refractivity contribution < 1.29 is 18.4 Å². The SMILES string of the molecule is COc1cccc(-c2noc(CNC(=O)C3CCN(Cc4ccccc4F)CC3)n2)c1. The maximum Gasteiger partial charge on any atom is 0.246 e. The van der Waals surface area contributed by atoms with E-state index < -0.39 is 0 Å². The Morgan fingerprint density at radius 2 is 2.03 bits per heavy atom. The molecule has 2 heterocycles. The van der Waals surface area contributed by atoms with Crippen LogP contribution in [0.3, 0.4) is 0 Å². The molecule has 1 fully saturated rings. The van der Waals surface area contributed by atoms with Gasteiger partial charge < -0.3 is 14.6 Å². The molecule has 1 amide bonds. The summed E-state index contributed by atoms with van der Waals surface area (Å²) >= 11 is 0. The Kier molecular flexibility index (Phi) is 6.57. The first-order valence-corrected chi connectivity index (χ1v) is 10.3. The normalized spacial score (nSPS) is 15.0. The van der Waals surface area contributed by atoms with Crippen LogP contribution in [-0.2, 0) is 17.9 Å². The Balaban J connectivity index is 1.25. The van der Waals surface area contributed by atoms with E-state index in [0.717, 1.165) is 31.5 Å². The summed E-state index contributed by atoms with van der Waals surface area (Å²) in [6, 6.07) is 14.2. The summed E-state index contributed by atoms with van der Waals surface area (Å²) in [4.78, 5) is 19.1. The van der Waals surface area contributed by atoms with Crippen LogP contribution in [0.15, 0.2) is 53.1 Å². The molecule has 8 heteroatoms. The van der Waals surface area contributed by atoms with Crippen molar-refractivity contribution in [2.45, 2.75) is 25.9 Å². The number of halogens is 1. The highest BCUT2D eigenvalue weighted by Crippen LogP contribution is 2.22. The van der Waals surface area contributed by atoms with E-state index in [1.54, 1.807) is 19.2 Å². The van der Waals surface area contributed by atoms with Crippen molar-refractivity contribution in [3.63, 3.8) is 0 Å². The average Bonchev–Trinajstić information content (AvgIpc) is 3.29. The number of hydrogen-bond acceptors (Lipinski definition) is 6. The highest BCUT2D eigenvalue weighted by atomic mass is 19.1. The first-order valence-electron chi connectivity index (χ1n) is 10.3. The molecule has 0 atom stereocenters. The van der Waals surface area contributed by atoms with Crippen molar-refractivity contribution in [3.05, 3.63) is 65.8 Å². The number of piperidine rings is 1. The van der Waals surface area contributed by atoms with Crippen molar-refractivity contribution in [3.8, 4) is 17.1 Å². The zero-order valence-electron chi connectivity index (χ0n) is 17.4. The molecule has 3 aromatic rings. The second kappa shape index (κ2) is 9.70. The van der Waals surface area contributed by atoms with Gasteiger partial charge in [-0.25, -0.2) is 4.39 Å². The first kappa shape index (κ1) is 21.0. The lowest BCUT2D eigenvalue weighted by Crippen LogP contribution is -2.40. The Hall–Kier alpha value is -3.26. The Morgan fingerprint density at radius 1 is 1.23 bits per heavy atom. The summed E-state index contributed by atoms with van der Waals surface area (Å²) in [6.45, 7) is 2.27. The van der Waals surface area contributed by atoms with Crippen LogP contribution < -0.4 is 10.1 Å². The molecule has 4 rings (SSSR count). The van der Waals surface area contributed by atoms with E-state index >= 15 is 0 Å². The highest BCUT2D eigenvalue weighted by molar-refractivity contribution is 5.78. The molecular formula is C23H25FN4O3. The fraction of sp³-hybridized carbons (Fsp3) is 0.348. The predicted octanol–water partition coefficient (Wildman–Crippen LogP) is 3.41. The molecule has 2 aromatic carbocycles. The minimum atomic E-state index is -0.185. The number of nitrogens with one attached hydrogen (secondary N) is 1. The van der Waals surface area contributed by atoms with Gasteiger partial charge in [-0.3, -0.25) is 9.69 Å². The van der Waals surface area contributed by atoms with Crippen molar-refractivity contribution in [1.82, 2.24) is 20.4 Å². The number of ether oxygens (including phenoxy) is 1. The van der Waals surface area contributed by atoms with Crippen molar-refractivity contribution >= 4 is 5.91 Å². The monoisotopic (exact) mass is 424 g/mol. The van der Waals surface area contributed by atoms with Crippen LogP contribution >= 0.6 is 0 Å². The first-order chi connectivity index (χ1) is 15.1. The summed E-state index contributed by atoms with van der Waals surface area (Å²) in [6.07, 6.45) is 1.47. The van der Waals surface area contributed by atoms with Gasteiger partial charge in [-0.15, -0.1) is 0 Å². The molecule has 0 aliphatic carbocycles. The zero-order chi connectivity index (χ0) is 21.6. The number of aromatic nitrogens is 2. The fourth-order valence-electron chi connectivity index (χ4n) is 3.73. The molecule has 7 nitrogen and oxygen atoms in total. The zero-order valence-corrected chi connectivity index (χ0v) is 17.4. The van der Waals surface area contributed by atoms with Crippen molar-refractivity contribution in [1.29, 1.82) is 0 Å². The third kappa shape index (κ3) is 5.27. The van der Waals surface area contributed by atoms with Crippen LogP contribution in [0.5, 0.6) is 5.75 Å². The van der Waals surface area contributed by atoms with Gasteiger partial charge in [0, 0.05) is 23.6 Å². The van der Waals surface area contributed by atoms with Crippen LogP contribution in [0.2, 0.25) is 0 Å². The number of methoxy groups -OCH3 is 1. The molecule has 0 bridgehead atoms. The van der Waals surface area contributed by atoms with Gasteiger partial charge in [0.25, 0.3) is 0 Å². The number of amides is 1. The summed E-state index contributed by atoms with van der Waals surface area (Å²) < 4.78 is 24.3. The number of nitrogens with zero attached hydrogens (tertiary/aromatic N) is 3.